The Morgan fingerprint density at radius 2 is 1.87 bits per heavy atom. The summed E-state index contributed by atoms with van der Waals surface area (Å²) in [7, 11) is -2.78. The Kier molecular flexibility index (Phi) is 8.06. The van der Waals surface area contributed by atoms with Crippen LogP contribution in [0.15, 0.2) is 0 Å². The summed E-state index contributed by atoms with van der Waals surface area (Å²) in [4.78, 5) is 0. The van der Waals surface area contributed by atoms with Crippen molar-refractivity contribution in [3.05, 3.63) is 0 Å². The fourth-order valence-electron chi connectivity index (χ4n) is 1.42. The van der Waals surface area contributed by atoms with Gasteiger partial charge in [-0.1, -0.05) is 27.2 Å². The van der Waals surface area contributed by atoms with E-state index in [-0.39, 0.29) is 5.75 Å². The summed E-state index contributed by atoms with van der Waals surface area (Å²) in [6.45, 7) is 7.94. The zero-order valence-corrected chi connectivity index (χ0v) is 11.1. The standard InChI is InChI=1S/C11H25NO2S/c1-4-8-12-10-11(5-2)7-9-15(13,14)6-3/h11-12H,4-10H2,1-3H3. The molecule has 0 spiro atoms. The molecule has 1 N–H and O–H groups in total. The predicted octanol–water partition coefficient (Wildman–Crippen LogP) is 1.84. The molecule has 0 aromatic rings. The molecule has 92 valence electrons. The van der Waals surface area contributed by atoms with Crippen LogP contribution in [-0.4, -0.2) is 33.0 Å². The normalized spacial score (nSPS) is 14.1. The first-order valence-corrected chi connectivity index (χ1v) is 7.79. The lowest BCUT2D eigenvalue weighted by Crippen LogP contribution is -2.25. The van der Waals surface area contributed by atoms with Crippen LogP contribution in [0.5, 0.6) is 0 Å². The summed E-state index contributed by atoms with van der Waals surface area (Å²) >= 11 is 0. The summed E-state index contributed by atoms with van der Waals surface area (Å²) < 4.78 is 22.7. The van der Waals surface area contributed by atoms with Crippen LogP contribution in [0.4, 0.5) is 0 Å². The maximum atomic E-state index is 11.3. The van der Waals surface area contributed by atoms with E-state index in [1.807, 2.05) is 0 Å². The van der Waals surface area contributed by atoms with E-state index in [0.29, 0.717) is 11.7 Å². The Bertz CT molecular complexity index is 237. The Hall–Kier alpha value is -0.0900. The topological polar surface area (TPSA) is 46.2 Å². The molecule has 0 rings (SSSR count). The van der Waals surface area contributed by atoms with E-state index in [0.717, 1.165) is 32.4 Å². The fourth-order valence-corrected chi connectivity index (χ4v) is 2.41. The van der Waals surface area contributed by atoms with Crippen LogP contribution in [0.25, 0.3) is 0 Å². The molecule has 15 heavy (non-hydrogen) atoms. The van der Waals surface area contributed by atoms with Crippen molar-refractivity contribution in [2.24, 2.45) is 5.92 Å². The van der Waals surface area contributed by atoms with Gasteiger partial charge in [-0.2, -0.15) is 0 Å². The van der Waals surface area contributed by atoms with Crippen molar-refractivity contribution >= 4 is 9.84 Å². The highest BCUT2D eigenvalue weighted by Gasteiger charge is 2.12. The molecule has 0 aliphatic heterocycles. The van der Waals surface area contributed by atoms with Gasteiger partial charge in [0.15, 0.2) is 0 Å². The molecule has 0 saturated heterocycles. The Labute approximate surface area is 94.6 Å². The first-order valence-electron chi connectivity index (χ1n) is 5.96. The molecule has 0 fully saturated rings. The summed E-state index contributed by atoms with van der Waals surface area (Å²) in [5.74, 6) is 1.11. The van der Waals surface area contributed by atoms with Gasteiger partial charge in [0.05, 0.1) is 5.75 Å². The highest BCUT2D eigenvalue weighted by Crippen LogP contribution is 2.09. The van der Waals surface area contributed by atoms with Crippen LogP contribution in [0.2, 0.25) is 0 Å². The minimum Gasteiger partial charge on any atom is -0.316 e. The zero-order chi connectivity index (χ0) is 11.7. The van der Waals surface area contributed by atoms with Gasteiger partial charge in [-0.25, -0.2) is 8.42 Å². The van der Waals surface area contributed by atoms with Crippen molar-refractivity contribution in [2.75, 3.05) is 24.6 Å². The van der Waals surface area contributed by atoms with Crippen LogP contribution < -0.4 is 5.32 Å². The highest BCUT2D eigenvalue weighted by molar-refractivity contribution is 7.91. The minimum atomic E-state index is -2.78. The molecule has 0 aromatic carbocycles. The molecule has 3 nitrogen and oxygen atoms in total. The average Bonchev–Trinajstić information content (AvgIpc) is 2.23. The van der Waals surface area contributed by atoms with E-state index in [2.05, 4.69) is 19.2 Å². The lowest BCUT2D eigenvalue weighted by atomic mass is 10.0. The minimum absolute atomic E-state index is 0.270. The number of hydrogen-bond donors (Lipinski definition) is 1. The van der Waals surface area contributed by atoms with E-state index < -0.39 is 9.84 Å². The van der Waals surface area contributed by atoms with Gasteiger partial charge in [-0.15, -0.1) is 0 Å². The van der Waals surface area contributed by atoms with Crippen LogP contribution in [0.3, 0.4) is 0 Å². The Morgan fingerprint density at radius 3 is 2.33 bits per heavy atom. The molecule has 0 saturated carbocycles. The van der Waals surface area contributed by atoms with Crippen molar-refractivity contribution < 1.29 is 8.42 Å². The highest BCUT2D eigenvalue weighted by atomic mass is 32.2. The third-order valence-corrected chi connectivity index (χ3v) is 4.45. The molecular weight excluding hydrogens is 210 g/mol. The molecule has 0 bridgehead atoms. The molecule has 0 amide bonds. The van der Waals surface area contributed by atoms with Gasteiger partial charge < -0.3 is 5.32 Å². The Balaban J connectivity index is 3.80. The van der Waals surface area contributed by atoms with Crippen LogP contribution in [0.1, 0.15) is 40.0 Å². The molecule has 0 aromatic heterocycles. The van der Waals surface area contributed by atoms with Crippen LogP contribution >= 0.6 is 0 Å². The van der Waals surface area contributed by atoms with Crippen molar-refractivity contribution in [2.45, 2.75) is 40.0 Å². The van der Waals surface area contributed by atoms with E-state index >= 15 is 0 Å². The number of hydrogen-bond acceptors (Lipinski definition) is 3. The molecule has 4 heteroatoms. The van der Waals surface area contributed by atoms with Crippen molar-refractivity contribution in [3.8, 4) is 0 Å². The molecule has 0 heterocycles. The fraction of sp³-hybridized carbons (Fsp3) is 1.00. The van der Waals surface area contributed by atoms with E-state index in [1.165, 1.54) is 0 Å². The summed E-state index contributed by atoms with van der Waals surface area (Å²) in [6, 6.07) is 0. The monoisotopic (exact) mass is 235 g/mol. The second kappa shape index (κ2) is 8.11. The lowest BCUT2D eigenvalue weighted by molar-refractivity contribution is 0.449. The number of nitrogens with one attached hydrogen (secondary N) is 1. The molecule has 1 unspecified atom stereocenters. The van der Waals surface area contributed by atoms with Gasteiger partial charge in [-0.3, -0.25) is 0 Å². The van der Waals surface area contributed by atoms with Gasteiger partial charge in [-0.05, 0) is 31.8 Å². The maximum Gasteiger partial charge on any atom is 0.150 e. The predicted molar refractivity (Wildman–Crippen MR) is 65.9 cm³/mol. The van der Waals surface area contributed by atoms with Gasteiger partial charge in [0.25, 0.3) is 0 Å². The maximum absolute atomic E-state index is 11.3. The molecule has 0 radical (unpaired) electrons. The molecular formula is C11H25NO2S. The second-order valence-corrected chi connectivity index (χ2v) is 6.48. The van der Waals surface area contributed by atoms with Crippen LogP contribution in [0, 0.1) is 5.92 Å². The molecule has 0 aliphatic carbocycles. The first-order chi connectivity index (χ1) is 7.05. The number of rotatable bonds is 9. The molecule has 1 atom stereocenters. The third kappa shape index (κ3) is 7.79. The van der Waals surface area contributed by atoms with Gasteiger partial charge in [0, 0.05) is 5.75 Å². The number of sulfone groups is 1. The second-order valence-electron chi connectivity index (χ2n) is 4.00. The van der Waals surface area contributed by atoms with Crippen LogP contribution in [-0.2, 0) is 9.84 Å². The van der Waals surface area contributed by atoms with Crippen molar-refractivity contribution in [3.63, 3.8) is 0 Å². The quantitative estimate of drug-likeness (QED) is 0.620. The smallest absolute Gasteiger partial charge is 0.150 e. The zero-order valence-electron chi connectivity index (χ0n) is 10.3. The summed E-state index contributed by atoms with van der Waals surface area (Å²) in [6.07, 6.45) is 2.98. The molecule has 0 aliphatic rings. The Morgan fingerprint density at radius 1 is 1.20 bits per heavy atom. The lowest BCUT2D eigenvalue weighted by Gasteiger charge is -2.15. The van der Waals surface area contributed by atoms with Gasteiger partial charge in [0.2, 0.25) is 0 Å². The SMILES string of the molecule is CCCNCC(CC)CCS(=O)(=O)CC. The summed E-state index contributed by atoms with van der Waals surface area (Å²) in [5, 5.41) is 3.35. The third-order valence-electron chi connectivity index (χ3n) is 2.71. The van der Waals surface area contributed by atoms with E-state index in [1.54, 1.807) is 6.92 Å². The van der Waals surface area contributed by atoms with E-state index in [4.69, 9.17) is 0 Å². The van der Waals surface area contributed by atoms with Gasteiger partial charge in [0.1, 0.15) is 9.84 Å². The van der Waals surface area contributed by atoms with Crippen molar-refractivity contribution in [1.82, 2.24) is 5.32 Å². The summed E-state index contributed by atoms with van der Waals surface area (Å²) in [5.41, 5.74) is 0. The largest absolute Gasteiger partial charge is 0.316 e. The van der Waals surface area contributed by atoms with E-state index in [9.17, 15) is 8.42 Å². The van der Waals surface area contributed by atoms with Gasteiger partial charge >= 0.3 is 0 Å². The first kappa shape index (κ1) is 14.9. The average molecular weight is 235 g/mol. The van der Waals surface area contributed by atoms with Crippen molar-refractivity contribution in [1.29, 1.82) is 0 Å².